The highest BCUT2D eigenvalue weighted by Crippen LogP contribution is 2.47. The molecule has 13 heteroatoms. The lowest BCUT2D eigenvalue weighted by molar-refractivity contribution is -0.220. The Kier molecular flexibility index (Phi) is 35.1. The van der Waals surface area contributed by atoms with Crippen LogP contribution < -0.4 is 5.32 Å². The summed E-state index contributed by atoms with van der Waals surface area (Å²) in [4.78, 5) is 23.4. The van der Waals surface area contributed by atoms with Crippen molar-refractivity contribution < 1.29 is 53.9 Å². The van der Waals surface area contributed by atoms with Gasteiger partial charge in [0.25, 0.3) is 0 Å². The fraction of sp³-hybridized carbons (Fsp3) is 0.978. The second-order valence-electron chi connectivity index (χ2n) is 17.7. The van der Waals surface area contributed by atoms with Gasteiger partial charge in [-0.1, -0.05) is 213 Å². The van der Waals surface area contributed by atoms with Gasteiger partial charge in [-0.3, -0.25) is 13.8 Å². The monoisotopic (exact) mass is 866 g/mol. The summed E-state index contributed by atoms with van der Waals surface area (Å²) in [7, 11) is -5.05. The number of carbonyl (C=O) groups excluding carboxylic acids is 1. The summed E-state index contributed by atoms with van der Waals surface area (Å²) in [5, 5.41) is 64.2. The van der Waals surface area contributed by atoms with Crippen LogP contribution in [-0.2, 0) is 18.4 Å². The van der Waals surface area contributed by atoms with Crippen LogP contribution in [0.25, 0.3) is 0 Å². The molecule has 0 heterocycles. The molecule has 9 atom stereocenters. The topological polar surface area (TPSA) is 206 Å². The Morgan fingerprint density at radius 1 is 0.508 bits per heavy atom. The van der Waals surface area contributed by atoms with Crippen molar-refractivity contribution in [2.24, 2.45) is 0 Å². The van der Waals surface area contributed by atoms with Crippen LogP contribution in [0, 0.1) is 0 Å². The fourth-order valence-electron chi connectivity index (χ4n) is 8.14. The Bertz CT molecular complexity index is 1010. The molecule has 0 aromatic carbocycles. The molecule has 0 radical (unpaired) electrons. The van der Waals surface area contributed by atoms with E-state index in [4.69, 9.17) is 9.05 Å². The van der Waals surface area contributed by atoms with Gasteiger partial charge in [0.1, 0.15) is 36.6 Å². The van der Waals surface area contributed by atoms with Crippen molar-refractivity contribution in [2.75, 3.05) is 6.61 Å². The standard InChI is InChI=1S/C46H92NO11P/c1-3-5-7-9-11-13-15-17-19-20-22-23-25-27-29-31-33-35-39(48)38(37-57-59(55,56)58-46-44(53)42(51)41(50)43(52)45(46)54)47-40(49)36-34-32-30-28-26-24-21-18-16-14-12-10-8-6-4-2/h38-39,41-46,48,50-54H,3-37H2,1-2H3,(H,47,49)(H,55,56)/t38-,39+,41?,42+,43?,44?,45?,46?/m0/s1. The predicted molar refractivity (Wildman–Crippen MR) is 237 cm³/mol. The second kappa shape index (κ2) is 36.8. The molecule has 1 rings (SSSR count). The zero-order valence-electron chi connectivity index (χ0n) is 37.6. The molecular formula is C46H92NO11P. The van der Waals surface area contributed by atoms with Crippen molar-refractivity contribution in [1.29, 1.82) is 0 Å². The van der Waals surface area contributed by atoms with E-state index in [-0.39, 0.29) is 12.3 Å². The van der Waals surface area contributed by atoms with Crippen LogP contribution in [0.4, 0.5) is 0 Å². The van der Waals surface area contributed by atoms with Gasteiger partial charge in [0.05, 0.1) is 18.8 Å². The molecule has 0 aliphatic heterocycles. The van der Waals surface area contributed by atoms with Gasteiger partial charge >= 0.3 is 7.82 Å². The summed E-state index contributed by atoms with van der Waals surface area (Å²) in [5.74, 6) is -0.304. The van der Waals surface area contributed by atoms with Crippen molar-refractivity contribution >= 4 is 13.7 Å². The number of unbranched alkanes of at least 4 members (excludes halogenated alkanes) is 30. The molecule has 1 amide bonds. The molecular weight excluding hydrogens is 773 g/mol. The molecule has 8 N–H and O–H groups in total. The van der Waals surface area contributed by atoms with Gasteiger partial charge in [-0.15, -0.1) is 0 Å². The molecule has 1 fully saturated rings. The van der Waals surface area contributed by atoms with Gasteiger partial charge in [0, 0.05) is 6.42 Å². The number of phosphoric acid groups is 1. The van der Waals surface area contributed by atoms with Crippen LogP contribution in [0.5, 0.6) is 0 Å². The summed E-state index contributed by atoms with van der Waals surface area (Å²) < 4.78 is 23.0. The van der Waals surface area contributed by atoms with Gasteiger partial charge in [-0.05, 0) is 12.8 Å². The van der Waals surface area contributed by atoms with Gasteiger partial charge < -0.3 is 40.8 Å². The Morgan fingerprint density at radius 3 is 1.17 bits per heavy atom. The van der Waals surface area contributed by atoms with Crippen molar-refractivity contribution in [2.45, 2.75) is 281 Å². The fourth-order valence-corrected chi connectivity index (χ4v) is 9.11. The molecule has 12 nitrogen and oxygen atoms in total. The van der Waals surface area contributed by atoms with E-state index >= 15 is 0 Å². The largest absolute Gasteiger partial charge is 0.472 e. The zero-order chi connectivity index (χ0) is 43.6. The van der Waals surface area contributed by atoms with E-state index < -0.39 is 63.2 Å². The highest BCUT2D eigenvalue weighted by Gasteiger charge is 2.51. The number of phosphoric ester groups is 1. The molecule has 0 aromatic rings. The maximum Gasteiger partial charge on any atom is 0.472 e. The number of aliphatic hydroxyl groups is 6. The zero-order valence-corrected chi connectivity index (χ0v) is 38.5. The number of rotatable bonds is 41. The summed E-state index contributed by atoms with van der Waals surface area (Å²) in [5.41, 5.74) is 0. The van der Waals surface area contributed by atoms with E-state index in [1.165, 1.54) is 154 Å². The second-order valence-corrected chi connectivity index (χ2v) is 19.1. The molecule has 352 valence electrons. The Hall–Kier alpha value is -0.660. The lowest BCUT2D eigenvalue weighted by Gasteiger charge is -2.41. The first-order chi connectivity index (χ1) is 28.4. The minimum absolute atomic E-state index is 0.243. The van der Waals surface area contributed by atoms with Crippen LogP contribution in [0.3, 0.4) is 0 Å². The molecule has 0 spiro atoms. The molecule has 1 aliphatic rings. The third kappa shape index (κ3) is 28.6. The number of amides is 1. The number of nitrogens with one attached hydrogen (secondary N) is 1. The summed E-state index contributed by atoms with van der Waals surface area (Å²) in [6.07, 6.45) is 27.0. The van der Waals surface area contributed by atoms with Crippen molar-refractivity contribution in [3.63, 3.8) is 0 Å². The molecule has 59 heavy (non-hydrogen) atoms. The third-order valence-electron chi connectivity index (χ3n) is 12.2. The van der Waals surface area contributed by atoms with Gasteiger partial charge in [0.2, 0.25) is 5.91 Å². The Labute approximate surface area is 359 Å². The van der Waals surface area contributed by atoms with Gasteiger partial charge in [-0.2, -0.15) is 0 Å². The highest BCUT2D eigenvalue weighted by molar-refractivity contribution is 7.47. The number of carbonyl (C=O) groups is 1. The van der Waals surface area contributed by atoms with Gasteiger partial charge in [-0.25, -0.2) is 4.57 Å². The van der Waals surface area contributed by atoms with E-state index in [2.05, 4.69) is 19.2 Å². The lowest BCUT2D eigenvalue weighted by Crippen LogP contribution is -2.64. The van der Waals surface area contributed by atoms with Crippen LogP contribution in [-0.4, -0.2) is 96.8 Å². The molecule has 0 bridgehead atoms. The first-order valence-corrected chi connectivity index (χ1v) is 26.0. The minimum atomic E-state index is -5.05. The highest BCUT2D eigenvalue weighted by atomic mass is 31.2. The Balaban J connectivity index is 2.43. The van der Waals surface area contributed by atoms with E-state index in [1.54, 1.807) is 0 Å². The van der Waals surface area contributed by atoms with E-state index in [0.717, 1.165) is 38.5 Å². The van der Waals surface area contributed by atoms with Crippen LogP contribution in [0.1, 0.15) is 232 Å². The Morgan fingerprint density at radius 2 is 0.814 bits per heavy atom. The first-order valence-electron chi connectivity index (χ1n) is 24.5. The first kappa shape index (κ1) is 56.4. The van der Waals surface area contributed by atoms with Crippen molar-refractivity contribution in [1.82, 2.24) is 5.32 Å². The molecule has 0 saturated heterocycles. The summed E-state index contributed by atoms with van der Waals surface area (Å²) in [6.45, 7) is 3.91. The van der Waals surface area contributed by atoms with E-state index in [0.29, 0.717) is 19.3 Å². The SMILES string of the molecule is CCCCCCCCCCCCCCCCCCC[C@@H](O)[C@H](COP(=O)(O)OC1C(O)C(O)C(O)[C@@H](O)C1O)NC(=O)CCCCCCCCCCCCCCCCC. The quantitative estimate of drug-likeness (QED) is 0.0215. The molecule has 1 aliphatic carbocycles. The molecule has 1 saturated carbocycles. The lowest BCUT2D eigenvalue weighted by atomic mass is 9.85. The average molecular weight is 866 g/mol. The predicted octanol–water partition coefficient (Wildman–Crippen LogP) is 9.46. The summed E-state index contributed by atoms with van der Waals surface area (Å²) >= 11 is 0. The van der Waals surface area contributed by atoms with Crippen LogP contribution in [0.2, 0.25) is 0 Å². The molecule has 6 unspecified atom stereocenters. The van der Waals surface area contributed by atoms with Gasteiger partial charge in [0.15, 0.2) is 0 Å². The number of aliphatic hydroxyl groups excluding tert-OH is 6. The average Bonchev–Trinajstić information content (AvgIpc) is 3.22. The normalized spacial score (nSPS) is 22.9. The maximum absolute atomic E-state index is 13.0. The molecule has 0 aromatic heterocycles. The van der Waals surface area contributed by atoms with Crippen molar-refractivity contribution in [3.8, 4) is 0 Å². The van der Waals surface area contributed by atoms with Crippen molar-refractivity contribution in [3.05, 3.63) is 0 Å². The number of hydrogen-bond donors (Lipinski definition) is 8. The van der Waals surface area contributed by atoms with E-state index in [1.807, 2.05) is 0 Å². The smallest absolute Gasteiger partial charge is 0.391 e. The number of hydrogen-bond acceptors (Lipinski definition) is 10. The van der Waals surface area contributed by atoms with Crippen LogP contribution in [0.15, 0.2) is 0 Å². The minimum Gasteiger partial charge on any atom is -0.391 e. The summed E-state index contributed by atoms with van der Waals surface area (Å²) in [6, 6.07) is -1.02. The van der Waals surface area contributed by atoms with Crippen LogP contribution >= 0.6 is 7.82 Å². The third-order valence-corrected chi connectivity index (χ3v) is 13.2. The maximum atomic E-state index is 13.0. The van der Waals surface area contributed by atoms with E-state index in [9.17, 15) is 44.9 Å².